The molecule has 0 saturated carbocycles. The number of rotatable bonds is 6. The molecule has 0 aliphatic heterocycles. The molecule has 0 aromatic heterocycles. The van der Waals surface area contributed by atoms with Crippen LogP contribution in [-0.2, 0) is 14.8 Å². The number of anilines is 1. The van der Waals surface area contributed by atoms with Gasteiger partial charge in [-0.1, -0.05) is 12.1 Å². The molecule has 0 fully saturated rings. The van der Waals surface area contributed by atoms with Crippen LogP contribution < -0.4 is 15.4 Å². The number of carbonyl (C=O) groups excluding carboxylic acids is 2. The molecule has 7 nitrogen and oxygen atoms in total. The predicted molar refractivity (Wildman–Crippen MR) is 80.5 cm³/mol. The zero-order valence-electron chi connectivity index (χ0n) is 12.1. The van der Waals surface area contributed by atoms with Crippen LogP contribution in [0.2, 0.25) is 0 Å². The summed E-state index contributed by atoms with van der Waals surface area (Å²) in [6.07, 6.45) is 0.999. The normalized spacial score (nSPS) is 12.3. The van der Waals surface area contributed by atoms with Gasteiger partial charge in [-0.05, 0) is 26.0 Å². The van der Waals surface area contributed by atoms with Crippen molar-refractivity contribution in [2.24, 2.45) is 0 Å². The lowest BCUT2D eigenvalue weighted by Crippen LogP contribution is -2.44. The van der Waals surface area contributed by atoms with Gasteiger partial charge in [0.05, 0.1) is 17.5 Å². The molecule has 116 valence electrons. The molecule has 0 heterocycles. The summed E-state index contributed by atoms with van der Waals surface area (Å²) in [5.74, 6) is -0.833. The average molecular weight is 313 g/mol. The molecule has 0 bridgehead atoms. The fourth-order valence-corrected chi connectivity index (χ4v) is 2.21. The summed E-state index contributed by atoms with van der Waals surface area (Å²) >= 11 is 0. The van der Waals surface area contributed by atoms with Gasteiger partial charge in [0, 0.05) is 6.54 Å². The standard InChI is InChI=1S/C13H19N3O4S/c1-4-14-12(17)9(2)15-13(18)10-7-5-6-8-11(10)16-21(3,19)20/h5-9,16H,4H2,1-3H3,(H,14,17)(H,15,18)/t9-/m0/s1. The fourth-order valence-electron chi connectivity index (χ4n) is 1.64. The van der Waals surface area contributed by atoms with E-state index in [4.69, 9.17) is 0 Å². The number of carbonyl (C=O) groups is 2. The second-order valence-corrected chi connectivity index (χ2v) is 6.26. The second-order valence-electron chi connectivity index (χ2n) is 4.51. The SMILES string of the molecule is CCNC(=O)[C@H](C)NC(=O)c1ccccc1NS(C)(=O)=O. The van der Waals surface area contributed by atoms with E-state index in [0.717, 1.165) is 6.26 Å². The van der Waals surface area contributed by atoms with Crippen LogP contribution in [0.4, 0.5) is 5.69 Å². The Kier molecular flexibility index (Phi) is 5.71. The minimum atomic E-state index is -3.50. The molecule has 1 aromatic rings. The summed E-state index contributed by atoms with van der Waals surface area (Å²) in [5, 5.41) is 5.11. The fraction of sp³-hybridized carbons (Fsp3) is 0.385. The van der Waals surface area contributed by atoms with Crippen LogP contribution in [0.15, 0.2) is 24.3 Å². The van der Waals surface area contributed by atoms with Crippen molar-refractivity contribution in [2.45, 2.75) is 19.9 Å². The Bertz CT molecular complexity index is 628. The van der Waals surface area contributed by atoms with Gasteiger partial charge in [-0.25, -0.2) is 8.42 Å². The van der Waals surface area contributed by atoms with Crippen molar-refractivity contribution in [3.8, 4) is 0 Å². The smallest absolute Gasteiger partial charge is 0.254 e. The number of nitrogens with one attached hydrogen (secondary N) is 3. The predicted octanol–water partition coefficient (Wildman–Crippen LogP) is 0.312. The van der Waals surface area contributed by atoms with Crippen molar-refractivity contribution in [1.29, 1.82) is 0 Å². The van der Waals surface area contributed by atoms with Gasteiger partial charge < -0.3 is 10.6 Å². The second kappa shape index (κ2) is 7.07. The van der Waals surface area contributed by atoms with Crippen LogP contribution in [0.5, 0.6) is 0 Å². The van der Waals surface area contributed by atoms with Gasteiger partial charge in [0.25, 0.3) is 5.91 Å². The van der Waals surface area contributed by atoms with Crippen LogP contribution in [0, 0.1) is 0 Å². The van der Waals surface area contributed by atoms with Gasteiger partial charge in [-0.2, -0.15) is 0 Å². The molecule has 0 unspecified atom stereocenters. The number of benzene rings is 1. The first kappa shape index (κ1) is 17.0. The average Bonchev–Trinajstić information content (AvgIpc) is 2.37. The van der Waals surface area contributed by atoms with E-state index in [1.165, 1.54) is 12.1 Å². The van der Waals surface area contributed by atoms with Crippen molar-refractivity contribution >= 4 is 27.5 Å². The molecule has 3 N–H and O–H groups in total. The molecular weight excluding hydrogens is 294 g/mol. The van der Waals surface area contributed by atoms with E-state index in [1.54, 1.807) is 26.0 Å². The summed E-state index contributed by atoms with van der Waals surface area (Å²) in [6, 6.07) is 5.46. The molecule has 0 radical (unpaired) electrons. The Balaban J connectivity index is 2.90. The minimum Gasteiger partial charge on any atom is -0.355 e. The molecule has 0 aliphatic carbocycles. The third kappa shape index (κ3) is 5.42. The highest BCUT2D eigenvalue weighted by Crippen LogP contribution is 2.16. The Morgan fingerprint density at radius 2 is 1.86 bits per heavy atom. The number of amides is 2. The molecule has 0 saturated heterocycles. The Labute approximate surface area is 124 Å². The van der Waals surface area contributed by atoms with Crippen molar-refractivity contribution in [3.05, 3.63) is 29.8 Å². The summed E-state index contributed by atoms with van der Waals surface area (Å²) in [7, 11) is -3.50. The van der Waals surface area contributed by atoms with Crippen molar-refractivity contribution in [1.82, 2.24) is 10.6 Å². The molecular formula is C13H19N3O4S. The summed E-state index contributed by atoms with van der Waals surface area (Å²) in [4.78, 5) is 23.7. The topological polar surface area (TPSA) is 104 Å². The summed E-state index contributed by atoms with van der Waals surface area (Å²) < 4.78 is 24.8. The van der Waals surface area contributed by atoms with E-state index in [9.17, 15) is 18.0 Å². The van der Waals surface area contributed by atoms with Crippen LogP contribution in [0.25, 0.3) is 0 Å². The van der Waals surface area contributed by atoms with Gasteiger partial charge in [0.2, 0.25) is 15.9 Å². The van der Waals surface area contributed by atoms with Crippen LogP contribution in [-0.4, -0.2) is 39.1 Å². The van der Waals surface area contributed by atoms with Crippen LogP contribution in [0.3, 0.4) is 0 Å². The van der Waals surface area contributed by atoms with E-state index in [0.29, 0.717) is 6.54 Å². The van der Waals surface area contributed by atoms with Crippen molar-refractivity contribution in [2.75, 3.05) is 17.5 Å². The number of sulfonamides is 1. The molecule has 21 heavy (non-hydrogen) atoms. The maximum absolute atomic E-state index is 12.1. The minimum absolute atomic E-state index is 0.152. The lowest BCUT2D eigenvalue weighted by Gasteiger charge is -2.15. The first-order valence-electron chi connectivity index (χ1n) is 6.40. The number of hydrogen-bond acceptors (Lipinski definition) is 4. The van der Waals surface area contributed by atoms with Gasteiger partial charge in [-0.3, -0.25) is 14.3 Å². The Hall–Kier alpha value is -2.09. The Morgan fingerprint density at radius 3 is 2.43 bits per heavy atom. The number of likely N-dealkylation sites (N-methyl/N-ethyl adjacent to an activating group) is 1. The number of hydrogen-bond donors (Lipinski definition) is 3. The quantitative estimate of drug-likeness (QED) is 0.703. The largest absolute Gasteiger partial charge is 0.355 e. The van der Waals surface area contributed by atoms with Crippen LogP contribution >= 0.6 is 0 Å². The zero-order valence-corrected chi connectivity index (χ0v) is 13.0. The lowest BCUT2D eigenvalue weighted by molar-refractivity contribution is -0.122. The molecule has 0 spiro atoms. The highest BCUT2D eigenvalue weighted by atomic mass is 32.2. The van der Waals surface area contributed by atoms with Gasteiger partial charge >= 0.3 is 0 Å². The van der Waals surface area contributed by atoms with E-state index in [-0.39, 0.29) is 17.2 Å². The summed E-state index contributed by atoms with van der Waals surface area (Å²) in [6.45, 7) is 3.79. The first-order chi connectivity index (χ1) is 9.74. The highest BCUT2D eigenvalue weighted by molar-refractivity contribution is 7.92. The maximum Gasteiger partial charge on any atom is 0.254 e. The van der Waals surface area contributed by atoms with Crippen molar-refractivity contribution in [3.63, 3.8) is 0 Å². The van der Waals surface area contributed by atoms with Crippen molar-refractivity contribution < 1.29 is 18.0 Å². The van der Waals surface area contributed by atoms with E-state index in [1.807, 2.05) is 0 Å². The van der Waals surface area contributed by atoms with Gasteiger partial charge in [0.1, 0.15) is 6.04 Å². The molecule has 1 rings (SSSR count). The monoisotopic (exact) mass is 313 g/mol. The third-order valence-corrected chi connectivity index (χ3v) is 3.15. The number of para-hydroxylation sites is 1. The molecule has 1 aromatic carbocycles. The first-order valence-corrected chi connectivity index (χ1v) is 8.29. The maximum atomic E-state index is 12.1. The summed E-state index contributed by atoms with van der Waals surface area (Å²) in [5.41, 5.74) is 0.319. The third-order valence-electron chi connectivity index (χ3n) is 2.56. The zero-order chi connectivity index (χ0) is 16.0. The lowest BCUT2D eigenvalue weighted by atomic mass is 10.1. The highest BCUT2D eigenvalue weighted by Gasteiger charge is 2.18. The Morgan fingerprint density at radius 1 is 1.24 bits per heavy atom. The molecule has 8 heteroatoms. The molecule has 2 amide bonds. The molecule has 0 aliphatic rings. The van der Waals surface area contributed by atoms with Gasteiger partial charge in [0.15, 0.2) is 0 Å². The van der Waals surface area contributed by atoms with E-state index >= 15 is 0 Å². The van der Waals surface area contributed by atoms with E-state index in [2.05, 4.69) is 15.4 Å². The van der Waals surface area contributed by atoms with Crippen LogP contribution in [0.1, 0.15) is 24.2 Å². The van der Waals surface area contributed by atoms with E-state index < -0.39 is 22.0 Å². The van der Waals surface area contributed by atoms with Gasteiger partial charge in [-0.15, -0.1) is 0 Å². The molecule has 1 atom stereocenters.